The lowest BCUT2D eigenvalue weighted by Crippen LogP contribution is -2.04. The number of anilines is 1. The maximum Gasteiger partial charge on any atom is 0.223 e. The van der Waals surface area contributed by atoms with Gasteiger partial charge in [-0.05, 0) is 13.0 Å². The van der Waals surface area contributed by atoms with Crippen LogP contribution >= 0.6 is 11.3 Å². The zero-order valence-corrected chi connectivity index (χ0v) is 9.97. The number of amides is 1. The second-order valence-electron chi connectivity index (χ2n) is 3.59. The van der Waals surface area contributed by atoms with Gasteiger partial charge in [0.15, 0.2) is 5.13 Å². The minimum Gasteiger partial charge on any atom is -0.302 e. The van der Waals surface area contributed by atoms with Gasteiger partial charge in [0.1, 0.15) is 0 Å². The Morgan fingerprint density at radius 1 is 1.44 bits per heavy atom. The molecule has 0 unspecified atom stereocenters. The first-order valence-electron chi connectivity index (χ1n) is 4.95. The van der Waals surface area contributed by atoms with E-state index >= 15 is 0 Å². The Kier molecular flexibility index (Phi) is 3.01. The van der Waals surface area contributed by atoms with Crippen LogP contribution in [0.3, 0.4) is 0 Å². The summed E-state index contributed by atoms with van der Waals surface area (Å²) in [5, 5.41) is 5.27. The summed E-state index contributed by atoms with van der Waals surface area (Å²) in [5.74, 6) is -0.0925. The van der Waals surface area contributed by atoms with E-state index in [2.05, 4.69) is 16.4 Å². The fourth-order valence-electron chi connectivity index (χ4n) is 1.42. The minimum atomic E-state index is -0.0925. The number of nitrogens with zero attached hydrogens (tertiary/aromatic N) is 1. The van der Waals surface area contributed by atoms with Gasteiger partial charge in [-0.2, -0.15) is 0 Å². The quantitative estimate of drug-likeness (QED) is 0.864. The fourth-order valence-corrected chi connectivity index (χ4v) is 2.18. The Hall–Kier alpha value is -1.68. The molecule has 0 aliphatic rings. The van der Waals surface area contributed by atoms with Gasteiger partial charge in [0.05, 0.1) is 5.69 Å². The van der Waals surface area contributed by atoms with Gasteiger partial charge in [-0.25, -0.2) is 4.98 Å². The van der Waals surface area contributed by atoms with E-state index in [1.807, 2.05) is 30.5 Å². The largest absolute Gasteiger partial charge is 0.302 e. The summed E-state index contributed by atoms with van der Waals surface area (Å²) in [6.45, 7) is 3.53. The molecule has 16 heavy (non-hydrogen) atoms. The minimum absolute atomic E-state index is 0.0925. The molecule has 1 N–H and O–H groups in total. The summed E-state index contributed by atoms with van der Waals surface area (Å²) in [7, 11) is 0. The molecule has 0 atom stereocenters. The summed E-state index contributed by atoms with van der Waals surface area (Å²) in [5.41, 5.74) is 3.18. The maximum absolute atomic E-state index is 10.9. The number of benzene rings is 1. The Morgan fingerprint density at radius 2 is 2.25 bits per heavy atom. The zero-order chi connectivity index (χ0) is 11.5. The highest BCUT2D eigenvalue weighted by atomic mass is 32.1. The molecule has 0 aliphatic heterocycles. The first-order chi connectivity index (χ1) is 7.65. The summed E-state index contributed by atoms with van der Waals surface area (Å²) >= 11 is 1.44. The van der Waals surface area contributed by atoms with Crippen molar-refractivity contribution in [1.82, 2.24) is 4.98 Å². The van der Waals surface area contributed by atoms with Crippen molar-refractivity contribution in [3.63, 3.8) is 0 Å². The van der Waals surface area contributed by atoms with Crippen LogP contribution in [0.15, 0.2) is 29.6 Å². The van der Waals surface area contributed by atoms with Crippen LogP contribution < -0.4 is 5.32 Å². The lowest BCUT2D eigenvalue weighted by atomic mass is 10.1. The van der Waals surface area contributed by atoms with Crippen molar-refractivity contribution in [2.75, 3.05) is 5.32 Å². The van der Waals surface area contributed by atoms with Gasteiger partial charge in [-0.15, -0.1) is 11.3 Å². The van der Waals surface area contributed by atoms with Gasteiger partial charge in [0.2, 0.25) is 5.91 Å². The normalized spacial score (nSPS) is 10.1. The smallest absolute Gasteiger partial charge is 0.223 e. The van der Waals surface area contributed by atoms with Crippen molar-refractivity contribution in [3.8, 4) is 11.3 Å². The van der Waals surface area contributed by atoms with Gasteiger partial charge in [-0.3, -0.25) is 4.79 Å². The number of aryl methyl sites for hydroxylation is 1. The lowest BCUT2D eigenvalue weighted by molar-refractivity contribution is -0.114. The molecule has 0 spiro atoms. The van der Waals surface area contributed by atoms with Crippen LogP contribution in [0.4, 0.5) is 5.13 Å². The SMILES string of the molecule is CC(=O)Nc1nc(-c2cccc(C)c2)cs1. The van der Waals surface area contributed by atoms with Crippen LogP contribution in [0, 0.1) is 6.92 Å². The predicted octanol–water partition coefficient (Wildman–Crippen LogP) is 3.08. The summed E-state index contributed by atoms with van der Waals surface area (Å²) in [6, 6.07) is 8.14. The Balaban J connectivity index is 2.28. The number of carbonyl (C=O) groups is 1. The third-order valence-electron chi connectivity index (χ3n) is 2.10. The molecule has 1 heterocycles. The average molecular weight is 232 g/mol. The highest BCUT2D eigenvalue weighted by molar-refractivity contribution is 7.14. The van der Waals surface area contributed by atoms with Crippen molar-refractivity contribution in [2.24, 2.45) is 0 Å². The van der Waals surface area contributed by atoms with Gasteiger partial charge in [0.25, 0.3) is 0 Å². The fraction of sp³-hybridized carbons (Fsp3) is 0.167. The van der Waals surface area contributed by atoms with Crippen LogP contribution in [0.5, 0.6) is 0 Å². The number of hydrogen-bond donors (Lipinski definition) is 1. The van der Waals surface area contributed by atoms with Crippen LogP contribution in [0.25, 0.3) is 11.3 Å². The Bertz CT molecular complexity index is 519. The Labute approximate surface area is 98.2 Å². The van der Waals surface area contributed by atoms with Gasteiger partial charge in [0, 0.05) is 17.9 Å². The first kappa shape index (κ1) is 10.8. The molecule has 0 saturated carbocycles. The van der Waals surface area contributed by atoms with E-state index in [-0.39, 0.29) is 5.91 Å². The number of aromatic nitrogens is 1. The molecule has 1 amide bonds. The average Bonchev–Trinajstić information content (AvgIpc) is 2.65. The first-order valence-corrected chi connectivity index (χ1v) is 5.83. The standard InChI is InChI=1S/C12H12N2OS/c1-8-4-3-5-10(6-8)11-7-16-12(14-11)13-9(2)15/h3-7H,1-2H3,(H,13,14,15). The van der Waals surface area contributed by atoms with Crippen LogP contribution in [-0.2, 0) is 4.79 Å². The lowest BCUT2D eigenvalue weighted by Gasteiger charge is -1.98. The number of hydrogen-bond acceptors (Lipinski definition) is 3. The maximum atomic E-state index is 10.9. The van der Waals surface area contributed by atoms with Crippen LogP contribution in [0.2, 0.25) is 0 Å². The summed E-state index contributed by atoms with van der Waals surface area (Å²) in [6.07, 6.45) is 0. The van der Waals surface area contributed by atoms with Gasteiger partial charge in [-0.1, -0.05) is 23.8 Å². The van der Waals surface area contributed by atoms with E-state index in [1.54, 1.807) is 0 Å². The van der Waals surface area contributed by atoms with E-state index < -0.39 is 0 Å². The highest BCUT2D eigenvalue weighted by Crippen LogP contribution is 2.25. The third kappa shape index (κ3) is 2.46. The molecule has 2 rings (SSSR count). The summed E-state index contributed by atoms with van der Waals surface area (Å²) < 4.78 is 0. The number of nitrogens with one attached hydrogen (secondary N) is 1. The number of carbonyl (C=O) groups excluding carboxylic acids is 1. The molecular weight excluding hydrogens is 220 g/mol. The van der Waals surface area contributed by atoms with E-state index in [0.717, 1.165) is 11.3 Å². The van der Waals surface area contributed by atoms with Crippen molar-refractivity contribution in [2.45, 2.75) is 13.8 Å². The molecule has 0 radical (unpaired) electrons. The van der Waals surface area contributed by atoms with Gasteiger partial charge < -0.3 is 5.32 Å². The van der Waals surface area contributed by atoms with E-state index in [1.165, 1.54) is 23.8 Å². The van der Waals surface area contributed by atoms with E-state index in [9.17, 15) is 4.79 Å². The zero-order valence-electron chi connectivity index (χ0n) is 9.15. The number of rotatable bonds is 2. The highest BCUT2D eigenvalue weighted by Gasteiger charge is 2.05. The van der Waals surface area contributed by atoms with Crippen molar-refractivity contribution in [1.29, 1.82) is 0 Å². The van der Waals surface area contributed by atoms with Crippen molar-refractivity contribution >= 4 is 22.4 Å². The molecule has 82 valence electrons. The summed E-state index contributed by atoms with van der Waals surface area (Å²) in [4.78, 5) is 15.2. The number of thiazole rings is 1. The molecular formula is C12H12N2OS. The molecule has 0 fully saturated rings. The molecule has 0 bridgehead atoms. The molecule has 1 aromatic heterocycles. The predicted molar refractivity (Wildman–Crippen MR) is 66.6 cm³/mol. The van der Waals surface area contributed by atoms with Gasteiger partial charge >= 0.3 is 0 Å². The third-order valence-corrected chi connectivity index (χ3v) is 2.86. The van der Waals surface area contributed by atoms with E-state index in [4.69, 9.17) is 0 Å². The second kappa shape index (κ2) is 4.45. The molecule has 0 aliphatic carbocycles. The topological polar surface area (TPSA) is 42.0 Å². The van der Waals surface area contributed by atoms with Crippen molar-refractivity contribution in [3.05, 3.63) is 35.2 Å². The van der Waals surface area contributed by atoms with E-state index in [0.29, 0.717) is 5.13 Å². The molecule has 4 heteroatoms. The van der Waals surface area contributed by atoms with Crippen molar-refractivity contribution < 1.29 is 4.79 Å². The van der Waals surface area contributed by atoms with Crippen LogP contribution in [0.1, 0.15) is 12.5 Å². The Morgan fingerprint density at radius 3 is 2.94 bits per heavy atom. The molecule has 1 aromatic carbocycles. The monoisotopic (exact) mass is 232 g/mol. The van der Waals surface area contributed by atoms with Crippen LogP contribution in [-0.4, -0.2) is 10.9 Å². The molecule has 3 nitrogen and oxygen atoms in total. The molecule has 2 aromatic rings. The molecule has 0 saturated heterocycles. The second-order valence-corrected chi connectivity index (χ2v) is 4.45.